The third-order valence-corrected chi connectivity index (χ3v) is 4.87. The van der Waals surface area contributed by atoms with Gasteiger partial charge in [0.2, 0.25) is 0 Å². The Balaban J connectivity index is 1.30. The van der Waals surface area contributed by atoms with Crippen LogP contribution in [0.2, 0.25) is 0 Å². The van der Waals surface area contributed by atoms with Crippen LogP contribution < -0.4 is 10.2 Å². The summed E-state index contributed by atoms with van der Waals surface area (Å²) >= 11 is 0. The lowest BCUT2D eigenvalue weighted by molar-refractivity contribution is 0.283. The van der Waals surface area contributed by atoms with Crippen LogP contribution in [0.5, 0.6) is 0 Å². The van der Waals surface area contributed by atoms with Gasteiger partial charge in [-0.25, -0.2) is 9.97 Å². The van der Waals surface area contributed by atoms with E-state index in [1.807, 2.05) is 42.5 Å². The molecule has 0 amide bonds. The van der Waals surface area contributed by atoms with Crippen LogP contribution in [-0.4, -0.2) is 47.6 Å². The van der Waals surface area contributed by atoms with Crippen LogP contribution >= 0.6 is 0 Å². The van der Waals surface area contributed by atoms with Gasteiger partial charge < -0.3 is 10.2 Å². The van der Waals surface area contributed by atoms with E-state index in [9.17, 15) is 0 Å². The maximum atomic E-state index is 4.47. The molecule has 1 N–H and O–H groups in total. The molecule has 2 heterocycles. The highest BCUT2D eigenvalue weighted by molar-refractivity contribution is 5.59. The van der Waals surface area contributed by atoms with Crippen LogP contribution in [0.1, 0.15) is 5.56 Å². The minimum absolute atomic E-state index is 0.824. The highest BCUT2D eigenvalue weighted by atomic mass is 15.3. The van der Waals surface area contributed by atoms with Crippen molar-refractivity contribution in [3.8, 4) is 0 Å². The number of rotatable bonds is 6. The molecule has 0 saturated carbocycles. The summed E-state index contributed by atoms with van der Waals surface area (Å²) < 4.78 is 0. The highest BCUT2D eigenvalue weighted by Crippen LogP contribution is 2.19. The molecule has 28 heavy (non-hydrogen) atoms. The quantitative estimate of drug-likeness (QED) is 0.708. The fourth-order valence-corrected chi connectivity index (χ4v) is 3.32. The van der Waals surface area contributed by atoms with Crippen molar-refractivity contribution in [2.45, 2.75) is 0 Å². The topological polar surface area (TPSA) is 44.3 Å². The predicted molar refractivity (Wildman–Crippen MR) is 116 cm³/mol. The molecular formula is C23H25N5. The van der Waals surface area contributed by atoms with Crippen LogP contribution in [0.25, 0.3) is 6.08 Å². The maximum Gasteiger partial charge on any atom is 0.135 e. The molecule has 0 aliphatic carbocycles. The van der Waals surface area contributed by atoms with Crippen molar-refractivity contribution in [1.29, 1.82) is 0 Å². The van der Waals surface area contributed by atoms with Gasteiger partial charge in [0.25, 0.3) is 0 Å². The van der Waals surface area contributed by atoms with E-state index in [-0.39, 0.29) is 0 Å². The van der Waals surface area contributed by atoms with E-state index >= 15 is 0 Å². The van der Waals surface area contributed by atoms with Crippen molar-refractivity contribution in [2.24, 2.45) is 0 Å². The number of aromatic nitrogens is 2. The zero-order valence-electron chi connectivity index (χ0n) is 15.9. The molecule has 4 rings (SSSR count). The van der Waals surface area contributed by atoms with Gasteiger partial charge in [-0.2, -0.15) is 0 Å². The van der Waals surface area contributed by atoms with Crippen molar-refractivity contribution in [3.63, 3.8) is 0 Å². The summed E-state index contributed by atoms with van der Waals surface area (Å²) in [5, 5.41) is 3.34. The third-order valence-electron chi connectivity index (χ3n) is 4.87. The van der Waals surface area contributed by atoms with Gasteiger partial charge in [-0.15, -0.1) is 0 Å². The van der Waals surface area contributed by atoms with Gasteiger partial charge in [0, 0.05) is 44.5 Å². The number of benzene rings is 2. The molecule has 5 nitrogen and oxygen atoms in total. The number of anilines is 3. The van der Waals surface area contributed by atoms with E-state index in [2.05, 4.69) is 61.5 Å². The fourth-order valence-electron chi connectivity index (χ4n) is 3.32. The van der Waals surface area contributed by atoms with E-state index in [0.717, 1.165) is 50.0 Å². The molecule has 142 valence electrons. The molecule has 1 aromatic heterocycles. The van der Waals surface area contributed by atoms with Gasteiger partial charge in [-0.1, -0.05) is 60.7 Å². The smallest absolute Gasteiger partial charge is 0.135 e. The van der Waals surface area contributed by atoms with Crippen LogP contribution in [0, 0.1) is 0 Å². The number of piperazine rings is 1. The number of hydrogen-bond acceptors (Lipinski definition) is 5. The van der Waals surface area contributed by atoms with Gasteiger partial charge in [0.05, 0.1) is 0 Å². The predicted octanol–water partition coefficient (Wildman–Crippen LogP) is 4.06. The van der Waals surface area contributed by atoms with Gasteiger partial charge in [-0.3, -0.25) is 4.90 Å². The van der Waals surface area contributed by atoms with E-state index in [1.165, 1.54) is 5.56 Å². The molecule has 1 fully saturated rings. The summed E-state index contributed by atoms with van der Waals surface area (Å²) in [6, 6.07) is 22.6. The lowest BCUT2D eigenvalue weighted by Crippen LogP contribution is -2.46. The molecule has 2 aromatic carbocycles. The molecule has 0 unspecified atom stereocenters. The zero-order valence-corrected chi connectivity index (χ0v) is 15.9. The minimum Gasteiger partial charge on any atom is -0.354 e. The molecule has 1 saturated heterocycles. The van der Waals surface area contributed by atoms with Gasteiger partial charge >= 0.3 is 0 Å². The van der Waals surface area contributed by atoms with Gasteiger partial charge in [0.1, 0.15) is 18.0 Å². The van der Waals surface area contributed by atoms with Crippen LogP contribution in [0.4, 0.5) is 17.3 Å². The lowest BCUT2D eigenvalue weighted by Gasteiger charge is -2.34. The van der Waals surface area contributed by atoms with E-state index < -0.39 is 0 Å². The van der Waals surface area contributed by atoms with E-state index in [0.29, 0.717) is 0 Å². The summed E-state index contributed by atoms with van der Waals surface area (Å²) in [5.41, 5.74) is 2.28. The number of hydrogen-bond donors (Lipinski definition) is 1. The van der Waals surface area contributed by atoms with Crippen LogP contribution in [0.3, 0.4) is 0 Å². The number of nitrogens with zero attached hydrogens (tertiary/aromatic N) is 4. The summed E-state index contributed by atoms with van der Waals surface area (Å²) in [6.07, 6.45) is 6.07. The van der Waals surface area contributed by atoms with Crippen LogP contribution in [0.15, 0.2) is 79.1 Å². The number of nitrogens with one attached hydrogen (secondary N) is 1. The van der Waals surface area contributed by atoms with Crippen molar-refractivity contribution >= 4 is 23.4 Å². The summed E-state index contributed by atoms with van der Waals surface area (Å²) in [6.45, 7) is 4.99. The Kier molecular flexibility index (Phi) is 5.95. The maximum absolute atomic E-state index is 4.47. The SMILES string of the molecule is C(=C\c1ccccc1)/CN1CCN(c2cc(Nc3ccccc3)ncn2)CC1. The second-order valence-electron chi connectivity index (χ2n) is 6.85. The highest BCUT2D eigenvalue weighted by Gasteiger charge is 2.17. The lowest BCUT2D eigenvalue weighted by atomic mass is 10.2. The van der Waals surface area contributed by atoms with Crippen molar-refractivity contribution in [1.82, 2.24) is 14.9 Å². The first kappa shape index (κ1) is 18.2. The van der Waals surface area contributed by atoms with E-state index in [1.54, 1.807) is 6.33 Å². The van der Waals surface area contributed by atoms with Gasteiger partial charge in [0.15, 0.2) is 0 Å². The number of para-hydroxylation sites is 1. The average molecular weight is 371 g/mol. The molecule has 1 aliphatic rings. The molecular weight excluding hydrogens is 346 g/mol. The molecule has 3 aromatic rings. The van der Waals surface area contributed by atoms with Crippen molar-refractivity contribution in [3.05, 3.63) is 84.7 Å². The Morgan fingerprint density at radius 1 is 0.857 bits per heavy atom. The normalized spacial score (nSPS) is 15.1. The Morgan fingerprint density at radius 2 is 1.57 bits per heavy atom. The Bertz CT molecular complexity index is 887. The Labute approximate surface area is 166 Å². The average Bonchev–Trinajstić information content (AvgIpc) is 2.76. The zero-order chi connectivity index (χ0) is 19.0. The van der Waals surface area contributed by atoms with Crippen LogP contribution in [-0.2, 0) is 0 Å². The van der Waals surface area contributed by atoms with Crippen molar-refractivity contribution < 1.29 is 0 Å². The molecule has 0 spiro atoms. The second-order valence-corrected chi connectivity index (χ2v) is 6.85. The molecule has 1 aliphatic heterocycles. The molecule has 0 radical (unpaired) electrons. The molecule has 5 heteroatoms. The second kappa shape index (κ2) is 9.15. The minimum atomic E-state index is 0.824. The summed E-state index contributed by atoms with van der Waals surface area (Å²) in [5.74, 6) is 1.80. The largest absolute Gasteiger partial charge is 0.354 e. The van der Waals surface area contributed by atoms with Crippen molar-refractivity contribution in [2.75, 3.05) is 42.9 Å². The summed E-state index contributed by atoms with van der Waals surface area (Å²) in [4.78, 5) is 13.6. The van der Waals surface area contributed by atoms with Gasteiger partial charge in [-0.05, 0) is 17.7 Å². The Hall–Kier alpha value is -3.18. The monoisotopic (exact) mass is 371 g/mol. The Morgan fingerprint density at radius 3 is 2.32 bits per heavy atom. The third kappa shape index (κ3) is 4.96. The fraction of sp³-hybridized carbons (Fsp3) is 0.217. The first-order valence-corrected chi connectivity index (χ1v) is 9.70. The first-order chi connectivity index (χ1) is 13.9. The first-order valence-electron chi connectivity index (χ1n) is 9.70. The molecule has 0 bridgehead atoms. The standard InChI is InChI=1S/C23H25N5/c1-3-8-20(9-4-1)10-7-13-27-14-16-28(17-15-27)23-18-22(24-19-25-23)26-21-11-5-2-6-12-21/h1-12,18-19H,13-17H2,(H,24,25,26)/b10-7+. The molecule has 0 atom stereocenters. The summed E-state index contributed by atoms with van der Waals surface area (Å²) in [7, 11) is 0. The van der Waals surface area contributed by atoms with E-state index in [4.69, 9.17) is 0 Å².